The van der Waals surface area contributed by atoms with Crippen LogP contribution in [0.1, 0.15) is 26.7 Å². The Labute approximate surface area is 144 Å². The molecule has 0 bridgehead atoms. The molecule has 0 spiro atoms. The third-order valence-corrected chi connectivity index (χ3v) is 5.19. The van der Waals surface area contributed by atoms with Gasteiger partial charge in [-0.3, -0.25) is 4.79 Å². The predicted molar refractivity (Wildman–Crippen MR) is 99.1 cm³/mol. The average molecular weight is 323 g/mol. The lowest BCUT2D eigenvalue weighted by atomic mass is 9.98. The molecule has 1 saturated heterocycles. The highest BCUT2D eigenvalue weighted by Crippen LogP contribution is 2.27. The fourth-order valence-corrected chi connectivity index (χ4v) is 3.45. The van der Waals surface area contributed by atoms with Crippen molar-refractivity contribution in [1.29, 1.82) is 0 Å². The molecule has 2 aromatic carbocycles. The molecule has 0 aromatic heterocycles. The normalized spacial score (nSPS) is 21.9. The molecular weight excluding hydrogens is 296 g/mol. The zero-order valence-corrected chi connectivity index (χ0v) is 14.6. The molecule has 1 aliphatic rings. The number of hydrogen-bond acceptors (Lipinski definition) is 1. The number of nitrogens with one attached hydrogen (secondary N) is 2. The SMILES string of the molecule is CC1CC[NH+]([C@@H](C)C(=O)Nc2ccccc2-c2ccccc2)CC1. The number of amides is 1. The number of hydrogen-bond donors (Lipinski definition) is 2. The molecule has 126 valence electrons. The van der Waals surface area contributed by atoms with Gasteiger partial charge in [-0.25, -0.2) is 0 Å². The van der Waals surface area contributed by atoms with Gasteiger partial charge < -0.3 is 10.2 Å². The quantitative estimate of drug-likeness (QED) is 0.891. The van der Waals surface area contributed by atoms with Gasteiger partial charge in [0.25, 0.3) is 5.91 Å². The van der Waals surface area contributed by atoms with Crippen molar-refractivity contribution in [3.8, 4) is 11.1 Å². The lowest BCUT2D eigenvalue weighted by molar-refractivity contribution is -0.919. The molecule has 0 saturated carbocycles. The topological polar surface area (TPSA) is 33.5 Å². The Morgan fingerprint density at radius 3 is 2.38 bits per heavy atom. The van der Waals surface area contributed by atoms with Gasteiger partial charge in [0.05, 0.1) is 13.1 Å². The van der Waals surface area contributed by atoms with Crippen molar-refractivity contribution in [2.24, 2.45) is 5.92 Å². The molecule has 24 heavy (non-hydrogen) atoms. The highest BCUT2D eigenvalue weighted by Gasteiger charge is 2.29. The van der Waals surface area contributed by atoms with Gasteiger partial charge in [0, 0.05) is 11.3 Å². The number of rotatable bonds is 4. The zero-order chi connectivity index (χ0) is 16.9. The van der Waals surface area contributed by atoms with Crippen LogP contribution in [0.5, 0.6) is 0 Å². The van der Waals surface area contributed by atoms with E-state index in [0.29, 0.717) is 0 Å². The molecule has 0 unspecified atom stereocenters. The van der Waals surface area contributed by atoms with E-state index in [4.69, 9.17) is 0 Å². The summed E-state index contributed by atoms with van der Waals surface area (Å²) in [5.41, 5.74) is 3.09. The second kappa shape index (κ2) is 7.63. The first-order chi connectivity index (χ1) is 11.6. The maximum Gasteiger partial charge on any atom is 0.282 e. The molecule has 1 atom stereocenters. The molecule has 2 N–H and O–H groups in total. The van der Waals surface area contributed by atoms with Gasteiger partial charge in [-0.05, 0) is 37.3 Å². The van der Waals surface area contributed by atoms with Crippen LogP contribution in [0.2, 0.25) is 0 Å². The molecule has 3 heteroatoms. The van der Waals surface area contributed by atoms with Crippen LogP contribution in [0.25, 0.3) is 11.1 Å². The van der Waals surface area contributed by atoms with E-state index in [1.807, 2.05) is 43.3 Å². The molecule has 3 rings (SSSR count). The molecule has 1 aliphatic heterocycles. The van der Waals surface area contributed by atoms with Crippen molar-refractivity contribution in [1.82, 2.24) is 0 Å². The Hall–Kier alpha value is -2.13. The van der Waals surface area contributed by atoms with Crippen molar-refractivity contribution >= 4 is 11.6 Å². The van der Waals surface area contributed by atoms with E-state index >= 15 is 0 Å². The van der Waals surface area contributed by atoms with Crippen molar-refractivity contribution in [2.75, 3.05) is 18.4 Å². The predicted octanol–water partition coefficient (Wildman–Crippen LogP) is 3.00. The van der Waals surface area contributed by atoms with Gasteiger partial charge in [0.2, 0.25) is 0 Å². The highest BCUT2D eigenvalue weighted by atomic mass is 16.2. The van der Waals surface area contributed by atoms with Crippen LogP contribution < -0.4 is 10.2 Å². The summed E-state index contributed by atoms with van der Waals surface area (Å²) >= 11 is 0. The Morgan fingerprint density at radius 1 is 1.04 bits per heavy atom. The first-order valence-corrected chi connectivity index (χ1v) is 8.95. The average Bonchev–Trinajstić information content (AvgIpc) is 2.63. The third kappa shape index (κ3) is 3.85. The van der Waals surface area contributed by atoms with Crippen molar-refractivity contribution in [3.63, 3.8) is 0 Å². The fraction of sp³-hybridized carbons (Fsp3) is 0.381. The van der Waals surface area contributed by atoms with Gasteiger partial charge in [0.1, 0.15) is 0 Å². The van der Waals surface area contributed by atoms with E-state index in [1.54, 1.807) is 0 Å². The minimum Gasteiger partial charge on any atom is -0.325 e. The van der Waals surface area contributed by atoms with Gasteiger partial charge in [-0.1, -0.05) is 55.5 Å². The van der Waals surface area contributed by atoms with Crippen LogP contribution in [0.4, 0.5) is 5.69 Å². The van der Waals surface area contributed by atoms with E-state index in [2.05, 4.69) is 30.4 Å². The number of carbonyl (C=O) groups excluding carboxylic acids is 1. The van der Waals surface area contributed by atoms with Crippen LogP contribution in [0, 0.1) is 5.92 Å². The molecule has 0 aliphatic carbocycles. The maximum atomic E-state index is 12.7. The number of benzene rings is 2. The summed E-state index contributed by atoms with van der Waals surface area (Å²) in [7, 11) is 0. The van der Waals surface area contributed by atoms with Gasteiger partial charge >= 0.3 is 0 Å². The Balaban J connectivity index is 1.73. The molecule has 1 fully saturated rings. The van der Waals surface area contributed by atoms with Crippen LogP contribution in [-0.2, 0) is 4.79 Å². The maximum absolute atomic E-state index is 12.7. The molecule has 1 amide bonds. The second-order valence-corrected chi connectivity index (χ2v) is 6.96. The van der Waals surface area contributed by atoms with Gasteiger partial charge in [-0.2, -0.15) is 0 Å². The smallest absolute Gasteiger partial charge is 0.282 e. The first-order valence-electron chi connectivity index (χ1n) is 8.95. The summed E-state index contributed by atoms with van der Waals surface area (Å²) < 4.78 is 0. The van der Waals surface area contributed by atoms with Crippen LogP contribution in [0.3, 0.4) is 0 Å². The number of piperidine rings is 1. The van der Waals surface area contributed by atoms with Crippen LogP contribution >= 0.6 is 0 Å². The van der Waals surface area contributed by atoms with Crippen molar-refractivity contribution in [3.05, 3.63) is 54.6 Å². The number of carbonyl (C=O) groups is 1. The molecule has 2 aromatic rings. The van der Waals surface area contributed by atoms with Gasteiger partial charge in [-0.15, -0.1) is 0 Å². The fourth-order valence-electron chi connectivity index (χ4n) is 3.45. The lowest BCUT2D eigenvalue weighted by Crippen LogP contribution is -3.17. The number of anilines is 1. The summed E-state index contributed by atoms with van der Waals surface area (Å²) in [4.78, 5) is 14.2. The molecule has 3 nitrogen and oxygen atoms in total. The van der Waals surface area contributed by atoms with Gasteiger partial charge in [0.15, 0.2) is 6.04 Å². The molecular formula is C21H27N2O+. The molecule has 1 heterocycles. The van der Waals surface area contributed by atoms with E-state index in [0.717, 1.165) is 35.8 Å². The summed E-state index contributed by atoms with van der Waals surface area (Å²) in [5.74, 6) is 0.908. The third-order valence-electron chi connectivity index (χ3n) is 5.19. The second-order valence-electron chi connectivity index (χ2n) is 6.96. The monoisotopic (exact) mass is 323 g/mol. The van der Waals surface area contributed by atoms with E-state index in [-0.39, 0.29) is 11.9 Å². The summed E-state index contributed by atoms with van der Waals surface area (Å²) in [5, 5.41) is 3.16. The lowest BCUT2D eigenvalue weighted by Gasteiger charge is -2.31. The standard InChI is InChI=1S/C21H26N2O/c1-16-12-14-23(15-13-16)17(2)21(24)22-20-11-7-6-10-19(20)18-8-4-3-5-9-18/h3-11,16-17H,12-15H2,1-2H3,(H,22,24)/p+1/t17-/m0/s1. The van der Waals surface area contributed by atoms with E-state index < -0.39 is 0 Å². The number of quaternary nitrogens is 1. The first kappa shape index (κ1) is 16.7. The van der Waals surface area contributed by atoms with Crippen LogP contribution in [-0.4, -0.2) is 25.0 Å². The number of para-hydroxylation sites is 1. The summed E-state index contributed by atoms with van der Waals surface area (Å²) in [6.45, 7) is 6.54. The van der Waals surface area contributed by atoms with E-state index in [9.17, 15) is 4.79 Å². The highest BCUT2D eigenvalue weighted by molar-refractivity contribution is 5.97. The van der Waals surface area contributed by atoms with E-state index in [1.165, 1.54) is 17.7 Å². The van der Waals surface area contributed by atoms with Crippen LogP contribution in [0.15, 0.2) is 54.6 Å². The minimum atomic E-state index is -0.0127. The summed E-state index contributed by atoms with van der Waals surface area (Å²) in [6, 6.07) is 18.2. The largest absolute Gasteiger partial charge is 0.325 e. The Bertz CT molecular complexity index is 675. The van der Waals surface area contributed by atoms with Crippen molar-refractivity contribution < 1.29 is 9.69 Å². The minimum absolute atomic E-state index is 0.0127. The van der Waals surface area contributed by atoms with Crippen molar-refractivity contribution in [2.45, 2.75) is 32.7 Å². The number of likely N-dealkylation sites (tertiary alicyclic amines) is 1. The Morgan fingerprint density at radius 2 is 1.67 bits per heavy atom. The summed E-state index contributed by atoms with van der Waals surface area (Å²) in [6.07, 6.45) is 2.43. The molecule has 0 radical (unpaired) electrons. The Kier molecular flexibility index (Phi) is 5.31. The zero-order valence-electron chi connectivity index (χ0n) is 14.6.